The smallest absolute Gasteiger partial charge is 0.321 e. The molecule has 46 heavy (non-hydrogen) atoms. The number of rotatable bonds is 8. The molecule has 12 heteroatoms. The summed E-state index contributed by atoms with van der Waals surface area (Å²) in [5.41, 5.74) is 1.41. The van der Waals surface area contributed by atoms with Crippen LogP contribution >= 0.6 is 11.6 Å². The molecule has 5 rings (SSSR count). The quantitative estimate of drug-likeness (QED) is 0.225. The van der Waals surface area contributed by atoms with E-state index in [9.17, 15) is 23.1 Å². The third-order valence-electron chi connectivity index (χ3n) is 8.12. The van der Waals surface area contributed by atoms with Gasteiger partial charge in [0.2, 0.25) is 5.91 Å². The van der Waals surface area contributed by atoms with Crippen molar-refractivity contribution < 1.29 is 27.9 Å². The van der Waals surface area contributed by atoms with Crippen LogP contribution in [-0.2, 0) is 21.2 Å². The van der Waals surface area contributed by atoms with Crippen LogP contribution in [0.5, 0.6) is 5.75 Å². The molecule has 4 aromatic carbocycles. The maximum absolute atomic E-state index is 13.6. The fourth-order valence-electron chi connectivity index (χ4n) is 5.44. The van der Waals surface area contributed by atoms with E-state index in [-0.39, 0.29) is 54.6 Å². The fraction of sp³-hybridized carbons (Fsp3) is 0.294. The van der Waals surface area contributed by atoms with Crippen molar-refractivity contribution in [3.8, 4) is 5.75 Å². The molecule has 10 nitrogen and oxygen atoms in total. The van der Waals surface area contributed by atoms with E-state index in [2.05, 4.69) is 10.0 Å². The van der Waals surface area contributed by atoms with Crippen molar-refractivity contribution in [3.05, 3.63) is 95.5 Å². The second-order valence-electron chi connectivity index (χ2n) is 11.6. The van der Waals surface area contributed by atoms with Gasteiger partial charge < -0.3 is 25.0 Å². The molecular weight excluding hydrogens is 628 g/mol. The maximum Gasteiger partial charge on any atom is 0.321 e. The van der Waals surface area contributed by atoms with Gasteiger partial charge in [0.05, 0.1) is 36.2 Å². The highest BCUT2D eigenvalue weighted by atomic mass is 35.5. The monoisotopic (exact) mass is 664 g/mol. The molecule has 1 aliphatic heterocycles. The van der Waals surface area contributed by atoms with Crippen molar-refractivity contribution in [1.29, 1.82) is 0 Å². The normalized spacial score (nSPS) is 17.6. The molecule has 1 heterocycles. The number of nitrogens with zero attached hydrogens (tertiary/aromatic N) is 2. The van der Waals surface area contributed by atoms with Gasteiger partial charge >= 0.3 is 6.03 Å². The predicted octanol–water partition coefficient (Wildman–Crippen LogP) is 5.61. The van der Waals surface area contributed by atoms with Crippen molar-refractivity contribution in [2.75, 3.05) is 36.8 Å². The number of aliphatic hydroxyl groups excluding tert-OH is 1. The lowest BCUT2D eigenvalue weighted by Gasteiger charge is -2.34. The number of amides is 3. The molecule has 0 bridgehead atoms. The first kappa shape index (κ1) is 33.1. The maximum atomic E-state index is 13.6. The van der Waals surface area contributed by atoms with Crippen molar-refractivity contribution in [3.63, 3.8) is 0 Å². The molecule has 0 radical (unpaired) electrons. The molecule has 0 aliphatic carbocycles. The number of aliphatic hydroxyl groups is 1. The lowest BCUT2D eigenvalue weighted by Crippen LogP contribution is -2.48. The van der Waals surface area contributed by atoms with Crippen LogP contribution in [0, 0.1) is 5.92 Å². The van der Waals surface area contributed by atoms with Crippen LogP contribution < -0.4 is 14.8 Å². The first-order valence-corrected chi connectivity index (χ1v) is 16.8. The van der Waals surface area contributed by atoms with Gasteiger partial charge in [0, 0.05) is 41.2 Å². The Hall–Kier alpha value is -4.32. The average Bonchev–Trinajstić information content (AvgIpc) is 3.08. The van der Waals surface area contributed by atoms with Crippen molar-refractivity contribution in [2.24, 2.45) is 5.92 Å². The topological polar surface area (TPSA) is 128 Å². The number of benzene rings is 4. The standard InChI is InChI=1S/C34H37ClN4O6S/c1-22-19-39(23(2)21-40)33(41)18-25-17-27(37-46(43,44)28-14-11-26(35)12-15-28)13-16-31(25)45-32(22)20-38(3)34(42)36-30-10-6-8-24-7-4-5-9-29(24)30/h4-17,22-23,32,37,40H,18-21H2,1-3H3,(H,36,42)/t22-,23+,32+/m1/s1. The first-order chi connectivity index (χ1) is 21.9. The summed E-state index contributed by atoms with van der Waals surface area (Å²) in [5.74, 6) is -0.0699. The van der Waals surface area contributed by atoms with Crippen LogP contribution in [-0.4, -0.2) is 74.2 Å². The van der Waals surface area contributed by atoms with Gasteiger partial charge in [-0.3, -0.25) is 9.52 Å². The summed E-state index contributed by atoms with van der Waals surface area (Å²) in [6.07, 6.45) is -0.620. The summed E-state index contributed by atoms with van der Waals surface area (Å²) in [6, 6.07) is 23.3. The third kappa shape index (κ3) is 7.55. The molecule has 0 fully saturated rings. The minimum Gasteiger partial charge on any atom is -0.488 e. The Morgan fingerprint density at radius 2 is 1.80 bits per heavy atom. The van der Waals surface area contributed by atoms with E-state index >= 15 is 0 Å². The second-order valence-corrected chi connectivity index (χ2v) is 13.7. The first-order valence-electron chi connectivity index (χ1n) is 14.9. The van der Waals surface area contributed by atoms with Gasteiger partial charge in [-0.1, -0.05) is 54.9 Å². The van der Waals surface area contributed by atoms with E-state index in [1.54, 1.807) is 37.1 Å². The Morgan fingerprint density at radius 3 is 2.54 bits per heavy atom. The number of carbonyl (C=O) groups excluding carboxylic acids is 2. The predicted molar refractivity (Wildman–Crippen MR) is 180 cm³/mol. The zero-order valence-electron chi connectivity index (χ0n) is 25.8. The number of hydrogen-bond donors (Lipinski definition) is 3. The molecule has 0 saturated heterocycles. The summed E-state index contributed by atoms with van der Waals surface area (Å²) in [5, 5.41) is 15.3. The van der Waals surface area contributed by atoms with Gasteiger partial charge in [0.25, 0.3) is 10.0 Å². The van der Waals surface area contributed by atoms with Crippen LogP contribution in [0.2, 0.25) is 5.02 Å². The van der Waals surface area contributed by atoms with E-state index in [4.69, 9.17) is 16.3 Å². The lowest BCUT2D eigenvalue weighted by atomic mass is 10.0. The largest absolute Gasteiger partial charge is 0.488 e. The highest BCUT2D eigenvalue weighted by molar-refractivity contribution is 7.92. The fourth-order valence-corrected chi connectivity index (χ4v) is 6.61. The number of carbonyl (C=O) groups is 2. The number of nitrogens with one attached hydrogen (secondary N) is 2. The molecule has 4 aromatic rings. The Bertz CT molecular complexity index is 1830. The van der Waals surface area contributed by atoms with Crippen LogP contribution in [0.15, 0.2) is 89.8 Å². The number of sulfonamides is 1. The van der Waals surface area contributed by atoms with Gasteiger partial charge in [0.15, 0.2) is 0 Å². The highest BCUT2D eigenvalue weighted by Gasteiger charge is 2.32. The molecule has 1 aliphatic rings. The van der Waals surface area contributed by atoms with Crippen LogP contribution in [0.25, 0.3) is 10.8 Å². The number of hydrogen-bond acceptors (Lipinski definition) is 6. The Balaban J connectivity index is 1.41. The summed E-state index contributed by atoms with van der Waals surface area (Å²) in [6.45, 7) is 3.95. The molecule has 3 atom stereocenters. The second kappa shape index (κ2) is 14.0. The minimum atomic E-state index is -3.94. The molecule has 3 amide bonds. The van der Waals surface area contributed by atoms with E-state index in [0.29, 0.717) is 22.0 Å². The number of fused-ring (bicyclic) bond motifs is 2. The summed E-state index contributed by atoms with van der Waals surface area (Å²) in [7, 11) is -2.26. The Kier molecular flexibility index (Phi) is 10.0. The summed E-state index contributed by atoms with van der Waals surface area (Å²) < 4.78 is 35.2. The molecular formula is C34H37ClN4O6S. The number of anilines is 2. The number of halogens is 1. The van der Waals surface area contributed by atoms with Crippen LogP contribution in [0.3, 0.4) is 0 Å². The number of ether oxygens (including phenoxy) is 1. The van der Waals surface area contributed by atoms with E-state index in [0.717, 1.165) is 10.8 Å². The van der Waals surface area contributed by atoms with Crippen LogP contribution in [0.1, 0.15) is 19.4 Å². The van der Waals surface area contributed by atoms with Crippen molar-refractivity contribution in [2.45, 2.75) is 37.3 Å². The van der Waals surface area contributed by atoms with E-state index in [1.165, 1.54) is 29.2 Å². The van der Waals surface area contributed by atoms with Crippen molar-refractivity contribution in [1.82, 2.24) is 9.80 Å². The van der Waals surface area contributed by atoms with E-state index in [1.807, 2.05) is 49.4 Å². The zero-order valence-corrected chi connectivity index (χ0v) is 27.4. The highest BCUT2D eigenvalue weighted by Crippen LogP contribution is 2.31. The molecule has 0 saturated carbocycles. The molecule has 242 valence electrons. The number of urea groups is 1. The summed E-state index contributed by atoms with van der Waals surface area (Å²) in [4.78, 5) is 30.1. The summed E-state index contributed by atoms with van der Waals surface area (Å²) >= 11 is 5.92. The molecule has 0 spiro atoms. The molecule has 0 aromatic heterocycles. The van der Waals surface area contributed by atoms with Gasteiger partial charge in [-0.25, -0.2) is 13.2 Å². The van der Waals surface area contributed by atoms with Crippen LogP contribution in [0.4, 0.5) is 16.2 Å². The average molecular weight is 665 g/mol. The molecule has 0 unspecified atom stereocenters. The molecule has 3 N–H and O–H groups in total. The van der Waals surface area contributed by atoms with Crippen molar-refractivity contribution >= 4 is 55.7 Å². The van der Waals surface area contributed by atoms with Gasteiger partial charge in [-0.05, 0) is 60.8 Å². The third-order valence-corrected chi connectivity index (χ3v) is 9.77. The van der Waals surface area contributed by atoms with E-state index < -0.39 is 22.2 Å². The lowest BCUT2D eigenvalue weighted by molar-refractivity contribution is -0.134. The zero-order chi connectivity index (χ0) is 33.0. The van der Waals surface area contributed by atoms with Gasteiger partial charge in [-0.15, -0.1) is 0 Å². The Labute approximate surface area is 274 Å². The van der Waals surface area contributed by atoms with Gasteiger partial charge in [-0.2, -0.15) is 0 Å². The Morgan fingerprint density at radius 1 is 1.09 bits per heavy atom. The minimum absolute atomic E-state index is 0.0365. The SMILES string of the molecule is C[C@@H]1CN([C@@H](C)CO)C(=O)Cc2cc(NS(=O)(=O)c3ccc(Cl)cc3)ccc2O[C@H]1CN(C)C(=O)Nc1cccc2ccccc12. The van der Waals surface area contributed by atoms with Gasteiger partial charge in [0.1, 0.15) is 11.9 Å². The number of likely N-dealkylation sites (N-methyl/N-ethyl adjacent to an activating group) is 1.